The van der Waals surface area contributed by atoms with Gasteiger partial charge in [0.25, 0.3) is 0 Å². The first-order chi connectivity index (χ1) is 23.8. The molecule has 48 heavy (non-hydrogen) atoms. The Labute approximate surface area is 291 Å². The number of rotatable bonds is 24. The molecule has 0 spiro atoms. The summed E-state index contributed by atoms with van der Waals surface area (Å²) in [6.07, 6.45) is 26.9. The maximum absolute atomic E-state index is 6.18. The normalized spacial score (nSPS) is 11.7. The van der Waals surface area contributed by atoms with Gasteiger partial charge in [0.1, 0.15) is 11.5 Å². The van der Waals surface area contributed by atoms with E-state index in [1.54, 1.807) is 0 Å². The summed E-state index contributed by atoms with van der Waals surface area (Å²) in [5.41, 5.74) is 0. The highest BCUT2D eigenvalue weighted by atomic mass is 16.5. The second-order valence-electron chi connectivity index (χ2n) is 14.2. The quantitative estimate of drug-likeness (QED) is 0.0490. The molecular formula is C46H62O2. The molecule has 5 aromatic carbocycles. The maximum atomic E-state index is 6.18. The summed E-state index contributed by atoms with van der Waals surface area (Å²) in [4.78, 5) is 0. The largest absolute Gasteiger partial charge is 0.494 e. The molecule has 0 aliphatic rings. The van der Waals surface area contributed by atoms with Crippen LogP contribution in [-0.4, -0.2) is 13.2 Å². The van der Waals surface area contributed by atoms with Crippen molar-refractivity contribution in [2.45, 2.75) is 142 Å². The Kier molecular flexibility index (Phi) is 15.2. The molecule has 0 radical (unpaired) electrons. The van der Waals surface area contributed by atoms with E-state index >= 15 is 0 Å². The molecule has 0 saturated heterocycles. The lowest BCUT2D eigenvalue weighted by Gasteiger charge is -2.12. The minimum Gasteiger partial charge on any atom is -0.494 e. The maximum Gasteiger partial charge on any atom is 0.119 e. The van der Waals surface area contributed by atoms with Crippen LogP contribution in [0.2, 0.25) is 0 Å². The van der Waals surface area contributed by atoms with E-state index in [0.29, 0.717) is 0 Å². The van der Waals surface area contributed by atoms with Crippen LogP contribution >= 0.6 is 0 Å². The van der Waals surface area contributed by atoms with Crippen molar-refractivity contribution >= 4 is 43.1 Å². The van der Waals surface area contributed by atoms with Crippen molar-refractivity contribution in [2.75, 3.05) is 13.2 Å². The molecule has 2 nitrogen and oxygen atoms in total. The van der Waals surface area contributed by atoms with Crippen LogP contribution in [0.5, 0.6) is 11.5 Å². The number of ether oxygens (including phenoxy) is 2. The van der Waals surface area contributed by atoms with Crippen molar-refractivity contribution in [3.63, 3.8) is 0 Å². The fourth-order valence-electron chi connectivity index (χ4n) is 7.40. The Morgan fingerprint density at radius 3 is 0.979 bits per heavy atom. The zero-order valence-electron chi connectivity index (χ0n) is 30.3. The molecule has 5 aromatic rings. The summed E-state index contributed by atoms with van der Waals surface area (Å²) in [5.74, 6) is 1.96. The van der Waals surface area contributed by atoms with Gasteiger partial charge in [-0.15, -0.1) is 0 Å². The van der Waals surface area contributed by atoms with Gasteiger partial charge in [0, 0.05) is 0 Å². The minimum atomic E-state index is 0.805. The molecule has 5 rings (SSSR count). The zero-order chi connectivity index (χ0) is 33.2. The van der Waals surface area contributed by atoms with Crippen molar-refractivity contribution < 1.29 is 9.47 Å². The smallest absolute Gasteiger partial charge is 0.119 e. The number of unbranched alkanes of at least 4 members (excludes halogenated alkanes) is 18. The summed E-state index contributed by atoms with van der Waals surface area (Å²) in [5, 5.41) is 10.3. The zero-order valence-corrected chi connectivity index (χ0v) is 30.3. The Morgan fingerprint density at radius 1 is 0.312 bits per heavy atom. The van der Waals surface area contributed by atoms with E-state index in [0.717, 1.165) is 37.6 Å². The van der Waals surface area contributed by atoms with Crippen LogP contribution < -0.4 is 9.47 Å². The minimum absolute atomic E-state index is 0.805. The van der Waals surface area contributed by atoms with Gasteiger partial charge < -0.3 is 9.47 Å². The SMILES string of the molecule is CCCCCCCCCCCCOc1ccc2c(ccc3c2ccc2c4ccc(OCCCCCCCCCCCC)cc4ccc23)c1. The fraction of sp³-hybridized carbons (Fsp3) is 0.522. The van der Waals surface area contributed by atoms with Gasteiger partial charge in [0.2, 0.25) is 0 Å². The second-order valence-corrected chi connectivity index (χ2v) is 14.2. The van der Waals surface area contributed by atoms with Crippen molar-refractivity contribution in [1.82, 2.24) is 0 Å². The number of hydrogen-bond acceptors (Lipinski definition) is 2. The summed E-state index contributed by atoms with van der Waals surface area (Å²) < 4.78 is 12.4. The Bertz CT molecular complexity index is 1540. The van der Waals surface area contributed by atoms with Crippen LogP contribution in [0.25, 0.3) is 43.1 Å². The van der Waals surface area contributed by atoms with E-state index in [-0.39, 0.29) is 0 Å². The predicted octanol–water partition coefficient (Wildman–Crippen LogP) is 14.9. The third kappa shape index (κ3) is 10.6. The molecule has 0 atom stereocenters. The standard InChI is InChI=1S/C46H62O2/c1-3-5-7-9-11-13-15-17-19-21-33-47-39-25-29-41-37(35-39)23-27-45-43(41)31-32-44-42-30-26-40(36-38(42)24-28-46(44)45)48-34-22-20-18-16-14-12-10-8-6-4-2/h23-32,35-36H,3-22,33-34H2,1-2H3. The van der Waals surface area contributed by atoms with Crippen LogP contribution in [0.15, 0.2) is 72.8 Å². The number of benzene rings is 5. The molecule has 0 amide bonds. The van der Waals surface area contributed by atoms with Gasteiger partial charge in [-0.1, -0.05) is 178 Å². The van der Waals surface area contributed by atoms with Crippen LogP contribution in [0, 0.1) is 0 Å². The topological polar surface area (TPSA) is 18.5 Å². The molecule has 0 N–H and O–H groups in total. The Balaban J connectivity index is 1.11. The van der Waals surface area contributed by atoms with Crippen LogP contribution in [0.3, 0.4) is 0 Å². The molecule has 0 saturated carbocycles. The lowest BCUT2D eigenvalue weighted by molar-refractivity contribution is 0.304. The molecule has 0 aliphatic carbocycles. The van der Waals surface area contributed by atoms with Gasteiger partial charge in [0.05, 0.1) is 13.2 Å². The van der Waals surface area contributed by atoms with Gasteiger partial charge in [-0.3, -0.25) is 0 Å². The predicted molar refractivity (Wildman–Crippen MR) is 211 cm³/mol. The van der Waals surface area contributed by atoms with Gasteiger partial charge in [-0.05, 0) is 80.2 Å². The van der Waals surface area contributed by atoms with E-state index in [1.807, 2.05) is 0 Å². The van der Waals surface area contributed by atoms with Gasteiger partial charge in [-0.25, -0.2) is 0 Å². The number of fused-ring (bicyclic) bond motifs is 7. The first kappa shape index (κ1) is 36.0. The Hall–Kier alpha value is -3.26. The first-order valence-corrected chi connectivity index (χ1v) is 19.9. The average molecular weight is 647 g/mol. The highest BCUT2D eigenvalue weighted by Crippen LogP contribution is 2.36. The highest BCUT2D eigenvalue weighted by molar-refractivity contribution is 6.22. The van der Waals surface area contributed by atoms with Crippen molar-refractivity contribution in [3.8, 4) is 11.5 Å². The summed E-state index contributed by atoms with van der Waals surface area (Å²) in [6, 6.07) is 27.0. The second kappa shape index (κ2) is 20.3. The van der Waals surface area contributed by atoms with E-state index in [4.69, 9.17) is 9.47 Å². The molecule has 0 aliphatic heterocycles. The molecule has 2 heteroatoms. The van der Waals surface area contributed by atoms with Crippen LogP contribution in [-0.2, 0) is 0 Å². The van der Waals surface area contributed by atoms with E-state index in [1.165, 1.54) is 159 Å². The lowest BCUT2D eigenvalue weighted by Crippen LogP contribution is -1.97. The fourth-order valence-corrected chi connectivity index (χ4v) is 7.40. The first-order valence-electron chi connectivity index (χ1n) is 19.9. The number of hydrogen-bond donors (Lipinski definition) is 0. The average Bonchev–Trinajstić information content (AvgIpc) is 3.12. The summed E-state index contributed by atoms with van der Waals surface area (Å²) in [6.45, 7) is 6.18. The molecule has 0 unspecified atom stereocenters. The third-order valence-corrected chi connectivity index (χ3v) is 10.3. The van der Waals surface area contributed by atoms with Gasteiger partial charge >= 0.3 is 0 Å². The lowest BCUT2D eigenvalue weighted by atomic mass is 9.94. The van der Waals surface area contributed by atoms with Crippen molar-refractivity contribution in [3.05, 3.63) is 72.8 Å². The molecule has 0 heterocycles. The van der Waals surface area contributed by atoms with E-state index in [2.05, 4.69) is 86.6 Å². The van der Waals surface area contributed by atoms with Crippen molar-refractivity contribution in [1.29, 1.82) is 0 Å². The highest BCUT2D eigenvalue weighted by Gasteiger charge is 2.09. The van der Waals surface area contributed by atoms with Crippen molar-refractivity contribution in [2.24, 2.45) is 0 Å². The molecular weight excluding hydrogens is 585 g/mol. The monoisotopic (exact) mass is 646 g/mol. The van der Waals surface area contributed by atoms with E-state index < -0.39 is 0 Å². The molecule has 258 valence electrons. The van der Waals surface area contributed by atoms with Gasteiger partial charge in [-0.2, -0.15) is 0 Å². The van der Waals surface area contributed by atoms with Crippen LogP contribution in [0.4, 0.5) is 0 Å². The third-order valence-electron chi connectivity index (χ3n) is 10.3. The molecule has 0 fully saturated rings. The van der Waals surface area contributed by atoms with E-state index in [9.17, 15) is 0 Å². The van der Waals surface area contributed by atoms with Gasteiger partial charge in [0.15, 0.2) is 0 Å². The molecule has 0 aromatic heterocycles. The van der Waals surface area contributed by atoms with Crippen LogP contribution in [0.1, 0.15) is 142 Å². The Morgan fingerprint density at radius 2 is 0.604 bits per heavy atom. The summed E-state index contributed by atoms with van der Waals surface area (Å²) in [7, 11) is 0. The molecule has 0 bridgehead atoms. The summed E-state index contributed by atoms with van der Waals surface area (Å²) >= 11 is 0.